The number of aliphatic hydroxyl groups is 1. The summed E-state index contributed by atoms with van der Waals surface area (Å²) in [5.74, 6) is 0.575. The van der Waals surface area contributed by atoms with Gasteiger partial charge in [-0.05, 0) is 12.8 Å². The van der Waals surface area contributed by atoms with Crippen LogP contribution >= 0.6 is 23.5 Å². The third-order valence-corrected chi connectivity index (χ3v) is 6.35. The molecule has 0 spiro atoms. The maximum absolute atomic E-state index is 11.3. The maximum atomic E-state index is 11.3. The second kappa shape index (κ2) is 7.42. The van der Waals surface area contributed by atoms with Crippen molar-refractivity contribution in [3.63, 3.8) is 0 Å². The molecule has 4 N–H and O–H groups in total. The molecular weight excluding hydrogens is 300 g/mol. The van der Waals surface area contributed by atoms with Gasteiger partial charge in [0.25, 0.3) is 0 Å². The average molecular weight is 320 g/mol. The molecule has 2 fully saturated rings. The number of carboxylic acid groups (broad SMARTS) is 1. The molecule has 2 aliphatic rings. The summed E-state index contributed by atoms with van der Waals surface area (Å²) in [5.41, 5.74) is 0. The number of carbonyl (C=O) groups is 2. The van der Waals surface area contributed by atoms with Crippen molar-refractivity contribution in [3.8, 4) is 0 Å². The van der Waals surface area contributed by atoms with E-state index in [-0.39, 0.29) is 24.7 Å². The number of nitrogens with one attached hydrogen (secondary N) is 2. The Morgan fingerprint density at radius 2 is 2.30 bits per heavy atom. The molecule has 1 unspecified atom stereocenters. The third-order valence-electron chi connectivity index (χ3n) is 3.58. The number of rotatable bonds is 8. The molecule has 0 saturated carbocycles. The number of aliphatic carboxylic acids is 1. The number of carboxylic acids is 1. The fraction of sp³-hybridized carbons (Fsp3) is 0.833. The summed E-state index contributed by atoms with van der Waals surface area (Å²) >= 11 is 3.14. The molecule has 2 amide bonds. The third kappa shape index (κ3) is 3.95. The van der Waals surface area contributed by atoms with Crippen LogP contribution in [0.3, 0.4) is 0 Å². The van der Waals surface area contributed by atoms with E-state index in [1.165, 1.54) is 11.8 Å². The van der Waals surface area contributed by atoms with Crippen molar-refractivity contribution in [1.29, 1.82) is 0 Å². The Balaban J connectivity index is 1.72. The van der Waals surface area contributed by atoms with Crippen molar-refractivity contribution in [2.24, 2.45) is 0 Å². The lowest BCUT2D eigenvalue weighted by atomic mass is 10.0. The molecule has 2 aliphatic heterocycles. The van der Waals surface area contributed by atoms with Gasteiger partial charge in [0.2, 0.25) is 0 Å². The van der Waals surface area contributed by atoms with Gasteiger partial charge in [0.05, 0.1) is 18.7 Å². The maximum Gasteiger partial charge on any atom is 0.316 e. The molecule has 0 radical (unpaired) electrons. The molecule has 6 nitrogen and oxygen atoms in total. The summed E-state index contributed by atoms with van der Waals surface area (Å²) in [4.78, 5) is 22.3. The van der Waals surface area contributed by atoms with Crippen molar-refractivity contribution in [2.45, 2.75) is 41.8 Å². The number of hydrogen-bond donors (Lipinski definition) is 4. The largest absolute Gasteiger partial charge is 0.480 e. The number of carbonyl (C=O) groups excluding carboxylic acids is 1. The first-order valence-corrected chi connectivity index (χ1v) is 8.85. The number of urea groups is 1. The lowest BCUT2D eigenvalue weighted by Crippen LogP contribution is -2.36. The first kappa shape index (κ1) is 15.8. The van der Waals surface area contributed by atoms with Crippen LogP contribution in [0.1, 0.15) is 19.3 Å². The molecule has 0 aromatic rings. The topological polar surface area (TPSA) is 98.7 Å². The Bertz CT molecular complexity index is 369. The van der Waals surface area contributed by atoms with Crippen LogP contribution in [0.25, 0.3) is 0 Å². The molecule has 8 heteroatoms. The zero-order valence-corrected chi connectivity index (χ0v) is 12.7. The highest BCUT2D eigenvalue weighted by Gasteiger charge is 2.42. The quantitative estimate of drug-likeness (QED) is 0.486. The smallest absolute Gasteiger partial charge is 0.316 e. The SMILES string of the molecule is O=C1N[C@H]2[C@H](CS[C@H]2CCCC(SCCO)C(=O)O)N1. The van der Waals surface area contributed by atoms with Crippen LogP contribution in [0.15, 0.2) is 0 Å². The second-order valence-corrected chi connectivity index (χ2v) is 7.56. The van der Waals surface area contributed by atoms with Crippen molar-refractivity contribution in [1.82, 2.24) is 10.6 Å². The van der Waals surface area contributed by atoms with Gasteiger partial charge >= 0.3 is 12.0 Å². The van der Waals surface area contributed by atoms with Crippen molar-refractivity contribution in [3.05, 3.63) is 0 Å². The summed E-state index contributed by atoms with van der Waals surface area (Å²) in [6.45, 7) is 0.00831. The Morgan fingerprint density at radius 1 is 1.50 bits per heavy atom. The average Bonchev–Trinajstić information content (AvgIpc) is 2.93. The van der Waals surface area contributed by atoms with Crippen LogP contribution in [0.4, 0.5) is 4.79 Å². The molecule has 2 heterocycles. The molecule has 4 atom stereocenters. The second-order valence-electron chi connectivity index (χ2n) is 4.97. The zero-order chi connectivity index (χ0) is 14.5. The molecule has 0 aromatic heterocycles. The van der Waals surface area contributed by atoms with E-state index in [1.54, 1.807) is 0 Å². The first-order valence-electron chi connectivity index (χ1n) is 6.75. The zero-order valence-electron chi connectivity index (χ0n) is 11.1. The Hall–Kier alpha value is -0.600. The minimum absolute atomic E-state index is 0.00831. The van der Waals surface area contributed by atoms with Crippen LogP contribution < -0.4 is 10.6 Å². The molecule has 0 bridgehead atoms. The van der Waals surface area contributed by atoms with Crippen molar-refractivity contribution >= 4 is 35.5 Å². The minimum Gasteiger partial charge on any atom is -0.480 e. The molecule has 20 heavy (non-hydrogen) atoms. The lowest BCUT2D eigenvalue weighted by molar-refractivity contribution is -0.136. The molecular formula is C12H20N2O4S2. The molecule has 2 saturated heterocycles. The normalized spacial score (nSPS) is 29.6. The molecule has 0 aliphatic carbocycles. The fourth-order valence-corrected chi connectivity index (χ4v) is 5.03. The molecule has 2 rings (SSSR count). The van der Waals surface area contributed by atoms with Crippen LogP contribution in [-0.2, 0) is 4.79 Å². The summed E-state index contributed by atoms with van der Waals surface area (Å²) in [5, 5.41) is 23.6. The lowest BCUT2D eigenvalue weighted by Gasteiger charge is -2.17. The van der Waals surface area contributed by atoms with E-state index in [0.717, 1.165) is 18.6 Å². The van der Waals surface area contributed by atoms with Gasteiger partial charge in [0.1, 0.15) is 5.25 Å². The predicted molar refractivity (Wildman–Crippen MR) is 80.3 cm³/mol. The summed E-state index contributed by atoms with van der Waals surface area (Å²) < 4.78 is 0. The Labute approximate surface area is 126 Å². The van der Waals surface area contributed by atoms with Crippen LogP contribution in [0.2, 0.25) is 0 Å². The van der Waals surface area contributed by atoms with Crippen molar-refractivity contribution in [2.75, 3.05) is 18.1 Å². The fourth-order valence-electron chi connectivity index (χ4n) is 2.62. The number of aliphatic hydroxyl groups excluding tert-OH is 1. The van der Waals surface area contributed by atoms with E-state index >= 15 is 0 Å². The number of hydrogen-bond acceptors (Lipinski definition) is 5. The van der Waals surface area contributed by atoms with E-state index in [1.807, 2.05) is 11.8 Å². The molecule has 114 valence electrons. The van der Waals surface area contributed by atoms with E-state index in [4.69, 9.17) is 10.2 Å². The Morgan fingerprint density at radius 3 is 3.00 bits per heavy atom. The van der Waals surface area contributed by atoms with E-state index in [9.17, 15) is 9.59 Å². The van der Waals surface area contributed by atoms with E-state index in [2.05, 4.69) is 10.6 Å². The van der Waals surface area contributed by atoms with Crippen molar-refractivity contribution < 1.29 is 19.8 Å². The standard InChI is InChI=1S/C12H20N2O4S2/c15-4-5-19-9(11(16)17)3-1-2-8-10-7(6-20-8)13-12(18)14-10/h7-10,15H,1-6H2,(H,16,17)(H2,13,14,18)/t7-,8-,9?,10-/m0/s1. The van der Waals surface area contributed by atoms with Gasteiger partial charge in [0, 0.05) is 16.8 Å². The van der Waals surface area contributed by atoms with Gasteiger partial charge in [-0.15, -0.1) is 11.8 Å². The molecule has 0 aromatic carbocycles. The monoisotopic (exact) mass is 320 g/mol. The number of amides is 2. The number of fused-ring (bicyclic) bond motifs is 1. The van der Waals surface area contributed by atoms with Crippen LogP contribution in [0, 0.1) is 0 Å². The van der Waals surface area contributed by atoms with Gasteiger partial charge in [-0.2, -0.15) is 11.8 Å². The Kier molecular flexibility index (Phi) is 5.86. The highest BCUT2D eigenvalue weighted by Crippen LogP contribution is 2.33. The van der Waals surface area contributed by atoms with Crippen LogP contribution in [0.5, 0.6) is 0 Å². The predicted octanol–water partition coefficient (Wildman–Crippen LogP) is 0.501. The first-order chi connectivity index (χ1) is 9.61. The summed E-state index contributed by atoms with van der Waals surface area (Å²) in [6.07, 6.45) is 2.35. The van der Waals surface area contributed by atoms with Gasteiger partial charge in [-0.25, -0.2) is 4.79 Å². The van der Waals surface area contributed by atoms with Gasteiger partial charge in [-0.3, -0.25) is 4.79 Å². The van der Waals surface area contributed by atoms with E-state index in [0.29, 0.717) is 17.4 Å². The summed E-state index contributed by atoms with van der Waals surface area (Å²) in [6, 6.07) is 0.310. The highest BCUT2D eigenvalue weighted by molar-refractivity contribution is 8.00. The van der Waals surface area contributed by atoms with Crippen LogP contribution in [-0.4, -0.2) is 62.9 Å². The highest BCUT2D eigenvalue weighted by atomic mass is 32.2. The minimum atomic E-state index is -0.809. The number of thioether (sulfide) groups is 2. The van der Waals surface area contributed by atoms with Gasteiger partial charge < -0.3 is 20.8 Å². The van der Waals surface area contributed by atoms with E-state index < -0.39 is 11.2 Å². The van der Waals surface area contributed by atoms with Gasteiger partial charge in [-0.1, -0.05) is 6.42 Å². The summed E-state index contributed by atoms with van der Waals surface area (Å²) in [7, 11) is 0. The van der Waals surface area contributed by atoms with Gasteiger partial charge in [0.15, 0.2) is 0 Å².